The number of hydrogen-bond donors (Lipinski definition) is 2. The number of nitrogens with one attached hydrogen (secondary N) is 1. The number of sulfone groups is 1. The van der Waals surface area contributed by atoms with Crippen molar-refractivity contribution >= 4 is 9.84 Å². The van der Waals surface area contributed by atoms with E-state index in [9.17, 15) is 8.42 Å². The molecule has 0 aromatic heterocycles. The number of hydrazine groups is 1. The molecule has 1 atom stereocenters. The van der Waals surface area contributed by atoms with Gasteiger partial charge in [0.05, 0.1) is 11.6 Å². The van der Waals surface area contributed by atoms with Gasteiger partial charge in [-0.1, -0.05) is 13.8 Å². The summed E-state index contributed by atoms with van der Waals surface area (Å²) in [5.74, 6) is 5.75. The molecule has 0 aliphatic heterocycles. The van der Waals surface area contributed by atoms with Gasteiger partial charge in [0.15, 0.2) is 0 Å². The molecule has 104 valence electrons. The third kappa shape index (κ3) is 5.33. The number of methoxy groups -OCH3 is 1. The largest absolute Gasteiger partial charge is 0.377 e. The predicted octanol–water partition coefficient (Wildman–Crippen LogP) is 0.848. The van der Waals surface area contributed by atoms with Gasteiger partial charge in [0.1, 0.15) is 9.84 Å². The Balaban J connectivity index is 4.50. The minimum Gasteiger partial charge on any atom is -0.377 e. The normalized spacial score (nSPS) is 14.9. The van der Waals surface area contributed by atoms with E-state index in [1.165, 1.54) is 6.26 Å². The van der Waals surface area contributed by atoms with Crippen molar-refractivity contribution in [2.75, 3.05) is 19.1 Å². The van der Waals surface area contributed by atoms with Crippen LogP contribution in [-0.4, -0.2) is 39.2 Å². The third-order valence-electron chi connectivity index (χ3n) is 3.45. The SMILES string of the molecule is CCC(CC)(OC)C(CCCS(C)(=O)=O)NN. The Morgan fingerprint density at radius 2 is 1.88 bits per heavy atom. The molecule has 0 fully saturated rings. The van der Waals surface area contributed by atoms with Crippen molar-refractivity contribution in [3.63, 3.8) is 0 Å². The molecule has 6 heteroatoms. The van der Waals surface area contributed by atoms with Gasteiger partial charge in [0, 0.05) is 19.1 Å². The molecule has 0 bridgehead atoms. The van der Waals surface area contributed by atoms with Crippen LogP contribution >= 0.6 is 0 Å². The molecule has 0 saturated heterocycles. The summed E-state index contributed by atoms with van der Waals surface area (Å²) in [6.07, 6.45) is 4.22. The van der Waals surface area contributed by atoms with E-state index in [1.54, 1.807) is 7.11 Å². The van der Waals surface area contributed by atoms with E-state index in [2.05, 4.69) is 5.43 Å². The van der Waals surface area contributed by atoms with Crippen LogP contribution < -0.4 is 11.3 Å². The van der Waals surface area contributed by atoms with Crippen molar-refractivity contribution in [2.45, 2.75) is 51.2 Å². The Bertz CT molecular complexity index is 292. The minimum atomic E-state index is -2.90. The Morgan fingerprint density at radius 3 is 2.18 bits per heavy atom. The van der Waals surface area contributed by atoms with Crippen LogP contribution in [0.3, 0.4) is 0 Å². The summed E-state index contributed by atoms with van der Waals surface area (Å²) >= 11 is 0. The van der Waals surface area contributed by atoms with E-state index in [-0.39, 0.29) is 17.4 Å². The van der Waals surface area contributed by atoms with E-state index in [0.717, 1.165) is 12.8 Å². The summed E-state index contributed by atoms with van der Waals surface area (Å²) < 4.78 is 27.7. The summed E-state index contributed by atoms with van der Waals surface area (Å²) in [4.78, 5) is 0. The summed E-state index contributed by atoms with van der Waals surface area (Å²) in [6.45, 7) is 4.10. The van der Waals surface area contributed by atoms with Crippen molar-refractivity contribution < 1.29 is 13.2 Å². The molecule has 0 radical (unpaired) electrons. The van der Waals surface area contributed by atoms with E-state index in [1.807, 2.05) is 13.8 Å². The van der Waals surface area contributed by atoms with E-state index < -0.39 is 9.84 Å². The second-order valence-electron chi connectivity index (χ2n) is 4.47. The van der Waals surface area contributed by atoms with Crippen LogP contribution in [0.15, 0.2) is 0 Å². The first kappa shape index (κ1) is 16.8. The van der Waals surface area contributed by atoms with Crippen LogP contribution in [0.2, 0.25) is 0 Å². The lowest BCUT2D eigenvalue weighted by Gasteiger charge is -2.38. The summed E-state index contributed by atoms with van der Waals surface area (Å²) in [5, 5.41) is 0. The van der Waals surface area contributed by atoms with Crippen LogP contribution in [0.1, 0.15) is 39.5 Å². The fourth-order valence-electron chi connectivity index (χ4n) is 2.22. The molecule has 0 saturated carbocycles. The zero-order valence-electron chi connectivity index (χ0n) is 11.3. The topological polar surface area (TPSA) is 81.4 Å². The Hall–Kier alpha value is -0.170. The number of rotatable bonds is 9. The molecule has 3 N–H and O–H groups in total. The average molecular weight is 266 g/mol. The maximum atomic E-state index is 11.1. The molecule has 0 aromatic rings. The monoisotopic (exact) mass is 266 g/mol. The standard InChI is InChI=1S/C11H26N2O3S/c1-5-11(6-2,16-3)10(13-12)8-7-9-17(4,14)15/h10,13H,5-9,12H2,1-4H3. The highest BCUT2D eigenvalue weighted by Gasteiger charge is 2.34. The van der Waals surface area contributed by atoms with Crippen LogP contribution in [0, 0.1) is 0 Å². The first-order valence-corrected chi connectivity index (χ1v) is 8.10. The molecule has 0 aromatic carbocycles. The lowest BCUT2D eigenvalue weighted by atomic mass is 9.86. The molecule has 1 unspecified atom stereocenters. The molecular weight excluding hydrogens is 240 g/mol. The van der Waals surface area contributed by atoms with E-state index in [4.69, 9.17) is 10.6 Å². The van der Waals surface area contributed by atoms with Gasteiger partial charge in [0.25, 0.3) is 0 Å². The number of ether oxygens (including phenoxy) is 1. The van der Waals surface area contributed by atoms with E-state index >= 15 is 0 Å². The molecule has 0 aliphatic rings. The van der Waals surface area contributed by atoms with Gasteiger partial charge in [-0.05, 0) is 25.7 Å². The highest BCUT2D eigenvalue weighted by Crippen LogP contribution is 2.26. The molecule has 0 rings (SSSR count). The van der Waals surface area contributed by atoms with Gasteiger partial charge in [-0.2, -0.15) is 0 Å². The molecular formula is C11H26N2O3S. The van der Waals surface area contributed by atoms with Gasteiger partial charge in [-0.3, -0.25) is 11.3 Å². The third-order valence-corrected chi connectivity index (χ3v) is 4.48. The van der Waals surface area contributed by atoms with Crippen LogP contribution in [0.5, 0.6) is 0 Å². The number of nitrogens with two attached hydrogens (primary N) is 1. The first-order chi connectivity index (χ1) is 7.85. The van der Waals surface area contributed by atoms with Crippen molar-refractivity contribution in [1.29, 1.82) is 0 Å². The zero-order chi connectivity index (χ0) is 13.5. The summed E-state index contributed by atoms with van der Waals surface area (Å²) in [7, 11) is -1.23. The van der Waals surface area contributed by atoms with Crippen LogP contribution in [0.4, 0.5) is 0 Å². The van der Waals surface area contributed by atoms with Crippen molar-refractivity contribution in [3.8, 4) is 0 Å². The molecule has 0 heterocycles. The summed E-state index contributed by atoms with van der Waals surface area (Å²) in [5.41, 5.74) is 2.45. The lowest BCUT2D eigenvalue weighted by Crippen LogP contribution is -2.54. The Kier molecular flexibility index (Phi) is 7.23. The molecule has 17 heavy (non-hydrogen) atoms. The maximum absolute atomic E-state index is 11.1. The smallest absolute Gasteiger partial charge is 0.147 e. The maximum Gasteiger partial charge on any atom is 0.147 e. The fourth-order valence-corrected chi connectivity index (χ4v) is 2.91. The average Bonchev–Trinajstić information content (AvgIpc) is 2.28. The molecule has 0 spiro atoms. The van der Waals surface area contributed by atoms with Gasteiger partial charge in [0.2, 0.25) is 0 Å². The molecule has 0 aliphatic carbocycles. The Morgan fingerprint density at radius 1 is 1.35 bits per heavy atom. The van der Waals surface area contributed by atoms with Crippen LogP contribution in [0.25, 0.3) is 0 Å². The highest BCUT2D eigenvalue weighted by molar-refractivity contribution is 7.90. The van der Waals surface area contributed by atoms with Gasteiger partial charge in [-0.25, -0.2) is 8.42 Å². The van der Waals surface area contributed by atoms with Crippen molar-refractivity contribution in [1.82, 2.24) is 5.43 Å². The minimum absolute atomic E-state index is 0.0238. The zero-order valence-corrected chi connectivity index (χ0v) is 12.1. The molecule has 0 amide bonds. The van der Waals surface area contributed by atoms with Crippen LogP contribution in [-0.2, 0) is 14.6 Å². The first-order valence-electron chi connectivity index (χ1n) is 6.04. The second kappa shape index (κ2) is 7.31. The van der Waals surface area contributed by atoms with Gasteiger partial charge in [-0.15, -0.1) is 0 Å². The quantitative estimate of drug-likeness (QED) is 0.477. The lowest BCUT2D eigenvalue weighted by molar-refractivity contribution is -0.0495. The van der Waals surface area contributed by atoms with Crippen molar-refractivity contribution in [3.05, 3.63) is 0 Å². The fraction of sp³-hybridized carbons (Fsp3) is 1.00. The number of hydrogen-bond acceptors (Lipinski definition) is 5. The van der Waals surface area contributed by atoms with Crippen molar-refractivity contribution in [2.24, 2.45) is 5.84 Å². The van der Waals surface area contributed by atoms with Gasteiger partial charge >= 0.3 is 0 Å². The molecule has 5 nitrogen and oxygen atoms in total. The predicted molar refractivity (Wildman–Crippen MR) is 70.4 cm³/mol. The van der Waals surface area contributed by atoms with Gasteiger partial charge < -0.3 is 4.74 Å². The second-order valence-corrected chi connectivity index (χ2v) is 6.73. The highest BCUT2D eigenvalue weighted by atomic mass is 32.2. The Labute approximate surface area is 105 Å². The summed E-state index contributed by atoms with van der Waals surface area (Å²) in [6, 6.07) is -0.0238. The van der Waals surface area contributed by atoms with E-state index in [0.29, 0.717) is 12.8 Å².